The Morgan fingerprint density at radius 3 is 2.46 bits per heavy atom. The van der Waals surface area contributed by atoms with Crippen molar-refractivity contribution in [3.05, 3.63) is 12.3 Å². The molecule has 0 aromatic heterocycles. The van der Waals surface area contributed by atoms with Crippen molar-refractivity contribution in [3.8, 4) is 0 Å². The number of carbonyl (C=O) groups is 1. The Morgan fingerprint density at radius 2 is 1.86 bits per heavy atom. The summed E-state index contributed by atoms with van der Waals surface area (Å²) in [7, 11) is 0. The van der Waals surface area contributed by atoms with Crippen molar-refractivity contribution in [2.24, 2.45) is 5.92 Å². The van der Waals surface area contributed by atoms with Crippen LogP contribution in [0.15, 0.2) is 12.3 Å². The standard InChI is InChI=1S/C17H26O11/c1-7(19)28-16(2)5-9(20)17(24)3-4-25-15(13(16)17)27-14-12(23)11(22)10(21)8(6-18)26-14/h3-4,8-15,18,20-24H,5-6H2,1-2H3/t8-,9-,10-,11+,12-,13-,14-,15+,16+,17-/m1/s1. The molecule has 28 heavy (non-hydrogen) atoms. The SMILES string of the molecule is CC(=O)O[C@@]1(C)C[C@@H](O)[C@]2(O)C=CO[C@@H](O[C@H]3O[C@H](CO)[C@@H](O)[C@H](O)[C@H]3O)[C@@H]21. The van der Waals surface area contributed by atoms with Crippen molar-refractivity contribution in [3.63, 3.8) is 0 Å². The molecule has 3 rings (SSSR count). The minimum atomic E-state index is -1.85. The van der Waals surface area contributed by atoms with E-state index in [9.17, 15) is 35.4 Å². The summed E-state index contributed by atoms with van der Waals surface area (Å²) in [6, 6.07) is 0. The second kappa shape index (κ2) is 7.50. The van der Waals surface area contributed by atoms with Gasteiger partial charge >= 0.3 is 5.97 Å². The number of aliphatic hydroxyl groups excluding tert-OH is 5. The molecular weight excluding hydrogens is 380 g/mol. The molecule has 2 fully saturated rings. The summed E-state index contributed by atoms with van der Waals surface area (Å²) in [5.41, 5.74) is -3.22. The number of fused-ring (bicyclic) bond motifs is 1. The highest BCUT2D eigenvalue weighted by molar-refractivity contribution is 5.66. The lowest BCUT2D eigenvalue weighted by molar-refractivity contribution is -0.351. The average molecular weight is 406 g/mol. The van der Waals surface area contributed by atoms with Crippen LogP contribution in [0.2, 0.25) is 0 Å². The Morgan fingerprint density at radius 1 is 1.18 bits per heavy atom. The van der Waals surface area contributed by atoms with Gasteiger partial charge in [0.25, 0.3) is 0 Å². The summed E-state index contributed by atoms with van der Waals surface area (Å²) in [5, 5.41) is 60.6. The average Bonchev–Trinajstić information content (AvgIpc) is 2.81. The second-order valence-electron chi connectivity index (χ2n) is 7.63. The zero-order chi connectivity index (χ0) is 20.9. The molecular formula is C17H26O11. The summed E-state index contributed by atoms with van der Waals surface area (Å²) >= 11 is 0. The first kappa shape index (κ1) is 21.4. The summed E-state index contributed by atoms with van der Waals surface area (Å²) in [6.45, 7) is 2.04. The first-order valence-electron chi connectivity index (χ1n) is 8.92. The molecule has 2 aliphatic heterocycles. The fourth-order valence-corrected chi connectivity index (χ4v) is 4.25. The van der Waals surface area contributed by atoms with Crippen LogP contribution >= 0.6 is 0 Å². The van der Waals surface area contributed by atoms with Crippen molar-refractivity contribution >= 4 is 5.97 Å². The number of rotatable bonds is 4. The molecule has 0 aromatic carbocycles. The third-order valence-corrected chi connectivity index (χ3v) is 5.60. The van der Waals surface area contributed by atoms with Crippen LogP contribution in [0.5, 0.6) is 0 Å². The number of esters is 1. The first-order valence-corrected chi connectivity index (χ1v) is 8.92. The normalized spacial score (nSPS) is 50.7. The van der Waals surface area contributed by atoms with E-state index >= 15 is 0 Å². The van der Waals surface area contributed by atoms with Gasteiger partial charge in [0.1, 0.15) is 35.6 Å². The van der Waals surface area contributed by atoms with Gasteiger partial charge in [-0.1, -0.05) is 0 Å². The second-order valence-corrected chi connectivity index (χ2v) is 7.63. The Balaban J connectivity index is 1.87. The molecule has 0 amide bonds. The minimum Gasteiger partial charge on any atom is -0.472 e. The van der Waals surface area contributed by atoms with Crippen LogP contribution in [-0.4, -0.2) is 97.5 Å². The van der Waals surface area contributed by atoms with E-state index < -0.39 is 72.8 Å². The summed E-state index contributed by atoms with van der Waals surface area (Å²) in [4.78, 5) is 11.6. The van der Waals surface area contributed by atoms with E-state index in [1.165, 1.54) is 19.9 Å². The van der Waals surface area contributed by atoms with Crippen LogP contribution in [0, 0.1) is 5.92 Å². The molecule has 11 nitrogen and oxygen atoms in total. The quantitative estimate of drug-likeness (QED) is 0.264. The Labute approximate surface area is 160 Å². The Hall–Kier alpha value is -1.31. The number of hydrogen-bond acceptors (Lipinski definition) is 11. The molecule has 1 saturated carbocycles. The number of carbonyl (C=O) groups excluding carboxylic acids is 1. The van der Waals surface area contributed by atoms with Crippen molar-refractivity contribution in [1.29, 1.82) is 0 Å². The van der Waals surface area contributed by atoms with Crippen LogP contribution < -0.4 is 0 Å². The van der Waals surface area contributed by atoms with Gasteiger partial charge in [0, 0.05) is 13.3 Å². The lowest BCUT2D eigenvalue weighted by Gasteiger charge is -2.45. The zero-order valence-electron chi connectivity index (χ0n) is 15.4. The third-order valence-electron chi connectivity index (χ3n) is 5.60. The van der Waals surface area contributed by atoms with Gasteiger partial charge < -0.3 is 49.6 Å². The van der Waals surface area contributed by atoms with Gasteiger partial charge in [0.05, 0.1) is 24.9 Å². The van der Waals surface area contributed by atoms with Crippen molar-refractivity contribution < 1.29 is 54.4 Å². The summed E-state index contributed by atoms with van der Waals surface area (Å²) in [6.07, 6.45) is -8.06. The van der Waals surface area contributed by atoms with E-state index in [-0.39, 0.29) is 6.42 Å². The van der Waals surface area contributed by atoms with Gasteiger partial charge in [-0.05, 0) is 13.0 Å². The number of hydrogen-bond donors (Lipinski definition) is 6. The van der Waals surface area contributed by atoms with Gasteiger partial charge in [-0.2, -0.15) is 0 Å². The maximum absolute atomic E-state index is 11.6. The van der Waals surface area contributed by atoms with E-state index in [2.05, 4.69) is 0 Å². The molecule has 2 heterocycles. The molecule has 0 bridgehead atoms. The Bertz CT molecular complexity index is 624. The third kappa shape index (κ3) is 3.42. The van der Waals surface area contributed by atoms with Crippen LogP contribution in [0.3, 0.4) is 0 Å². The van der Waals surface area contributed by atoms with Crippen LogP contribution in [0.25, 0.3) is 0 Å². The molecule has 1 saturated heterocycles. The predicted octanol–water partition coefficient (Wildman–Crippen LogP) is -2.89. The maximum atomic E-state index is 11.6. The fraction of sp³-hybridized carbons (Fsp3) is 0.824. The van der Waals surface area contributed by atoms with E-state index in [0.717, 1.165) is 6.26 Å². The molecule has 1 aliphatic carbocycles. The lowest BCUT2D eigenvalue weighted by atomic mass is 9.81. The van der Waals surface area contributed by atoms with Gasteiger partial charge in [-0.3, -0.25) is 4.79 Å². The topological polar surface area (TPSA) is 175 Å². The van der Waals surface area contributed by atoms with E-state index in [4.69, 9.17) is 18.9 Å². The van der Waals surface area contributed by atoms with Crippen molar-refractivity contribution in [1.82, 2.24) is 0 Å². The zero-order valence-corrected chi connectivity index (χ0v) is 15.4. The molecule has 0 unspecified atom stereocenters. The predicted molar refractivity (Wildman–Crippen MR) is 88.1 cm³/mol. The first-order chi connectivity index (χ1) is 13.0. The van der Waals surface area contributed by atoms with E-state index in [0.29, 0.717) is 0 Å². The van der Waals surface area contributed by atoms with E-state index in [1.807, 2.05) is 0 Å². The highest BCUT2D eigenvalue weighted by atomic mass is 16.8. The van der Waals surface area contributed by atoms with Gasteiger partial charge in [-0.25, -0.2) is 0 Å². The van der Waals surface area contributed by atoms with Crippen molar-refractivity contribution in [2.75, 3.05) is 6.61 Å². The monoisotopic (exact) mass is 406 g/mol. The molecule has 0 aromatic rings. The van der Waals surface area contributed by atoms with E-state index in [1.54, 1.807) is 0 Å². The molecule has 11 heteroatoms. The molecule has 160 valence electrons. The van der Waals surface area contributed by atoms with Gasteiger partial charge in [0.15, 0.2) is 6.29 Å². The van der Waals surface area contributed by atoms with Gasteiger partial charge in [-0.15, -0.1) is 0 Å². The Kier molecular flexibility index (Phi) is 5.73. The largest absolute Gasteiger partial charge is 0.472 e. The number of ether oxygens (including phenoxy) is 4. The smallest absolute Gasteiger partial charge is 0.303 e. The molecule has 3 aliphatic rings. The fourth-order valence-electron chi connectivity index (χ4n) is 4.25. The highest BCUT2D eigenvalue weighted by Crippen LogP contribution is 2.51. The van der Waals surface area contributed by atoms with Crippen molar-refractivity contribution in [2.45, 2.75) is 74.6 Å². The number of aliphatic hydroxyl groups is 6. The summed E-state index contributed by atoms with van der Waals surface area (Å²) < 4.78 is 21.7. The minimum absolute atomic E-state index is 0.101. The van der Waals surface area contributed by atoms with Gasteiger partial charge in [0.2, 0.25) is 6.29 Å². The maximum Gasteiger partial charge on any atom is 0.303 e. The molecule has 0 spiro atoms. The summed E-state index contributed by atoms with van der Waals surface area (Å²) in [5.74, 6) is -1.74. The molecule has 10 atom stereocenters. The van der Waals surface area contributed by atoms with Crippen LogP contribution in [0.1, 0.15) is 20.3 Å². The molecule has 6 N–H and O–H groups in total. The van der Waals surface area contributed by atoms with Crippen LogP contribution in [0.4, 0.5) is 0 Å². The molecule has 0 radical (unpaired) electrons. The highest BCUT2D eigenvalue weighted by Gasteiger charge is 2.66. The van der Waals surface area contributed by atoms with Crippen LogP contribution in [-0.2, 0) is 23.7 Å². The lowest BCUT2D eigenvalue weighted by Crippen LogP contribution is -2.62.